The van der Waals surface area contributed by atoms with Gasteiger partial charge in [-0.25, -0.2) is 0 Å². The third-order valence-electron chi connectivity index (χ3n) is 2.25. The molecule has 19 heavy (non-hydrogen) atoms. The number of hydrogen-bond donors (Lipinski definition) is 2. The standard InChI is InChI=1S/C12H9N4O3/c13-8-2-1-3-9(6-8)14-15-11-5-4-10(16(18)19)7-12(11)17/h1-2,4-7,17H,13H2. The fourth-order valence-corrected chi connectivity index (χ4v) is 1.35. The molecule has 0 unspecified atom stereocenters. The average Bonchev–Trinajstić information content (AvgIpc) is 2.37. The van der Waals surface area contributed by atoms with Crippen LogP contribution in [0.5, 0.6) is 5.75 Å². The van der Waals surface area contributed by atoms with Gasteiger partial charge in [0, 0.05) is 17.8 Å². The molecule has 0 heterocycles. The normalized spacial score (nSPS) is 10.7. The second kappa shape index (κ2) is 5.13. The van der Waals surface area contributed by atoms with E-state index in [0.29, 0.717) is 11.4 Å². The van der Waals surface area contributed by atoms with Crippen LogP contribution in [-0.4, -0.2) is 10.0 Å². The molecule has 95 valence electrons. The summed E-state index contributed by atoms with van der Waals surface area (Å²) in [5.41, 5.74) is 6.39. The molecule has 0 saturated heterocycles. The van der Waals surface area contributed by atoms with Crippen molar-refractivity contribution in [1.29, 1.82) is 0 Å². The minimum absolute atomic E-state index is 0.126. The van der Waals surface area contributed by atoms with Gasteiger partial charge in [0.2, 0.25) is 0 Å². The monoisotopic (exact) mass is 257 g/mol. The minimum atomic E-state index is -0.605. The molecule has 0 aliphatic heterocycles. The molecule has 7 heteroatoms. The fourth-order valence-electron chi connectivity index (χ4n) is 1.35. The van der Waals surface area contributed by atoms with Crippen molar-refractivity contribution < 1.29 is 10.0 Å². The van der Waals surface area contributed by atoms with Crippen molar-refractivity contribution in [3.63, 3.8) is 0 Å². The number of nitro groups is 1. The van der Waals surface area contributed by atoms with Gasteiger partial charge < -0.3 is 10.8 Å². The number of anilines is 1. The van der Waals surface area contributed by atoms with E-state index in [2.05, 4.69) is 16.3 Å². The van der Waals surface area contributed by atoms with Crippen molar-refractivity contribution in [3.05, 3.63) is 52.6 Å². The lowest BCUT2D eigenvalue weighted by atomic mass is 10.2. The van der Waals surface area contributed by atoms with Crippen LogP contribution < -0.4 is 5.73 Å². The van der Waals surface area contributed by atoms with Crippen molar-refractivity contribution in [2.45, 2.75) is 0 Å². The SMILES string of the molecule is Nc1cc[c]c(N=Nc2ccc([N+](=O)[O-])cc2O)c1. The molecule has 2 aromatic carbocycles. The Bertz CT molecular complexity index is 655. The quantitative estimate of drug-likeness (QED) is 0.380. The van der Waals surface area contributed by atoms with Crippen LogP contribution >= 0.6 is 0 Å². The molecule has 2 rings (SSSR count). The predicted molar refractivity (Wildman–Crippen MR) is 68.6 cm³/mol. The number of nitrogen functional groups attached to an aromatic ring is 1. The van der Waals surface area contributed by atoms with Gasteiger partial charge in [-0.15, -0.1) is 10.2 Å². The summed E-state index contributed by atoms with van der Waals surface area (Å²) in [7, 11) is 0. The highest BCUT2D eigenvalue weighted by atomic mass is 16.6. The average molecular weight is 257 g/mol. The van der Waals surface area contributed by atoms with Crippen molar-refractivity contribution in [2.24, 2.45) is 10.2 Å². The Morgan fingerprint density at radius 1 is 1.26 bits per heavy atom. The Kier molecular flexibility index (Phi) is 3.37. The first-order valence-corrected chi connectivity index (χ1v) is 5.22. The predicted octanol–water partition coefficient (Wildman–Crippen LogP) is 3.10. The van der Waals surface area contributed by atoms with E-state index in [1.54, 1.807) is 18.2 Å². The number of phenols is 1. The van der Waals surface area contributed by atoms with Gasteiger partial charge in [0.05, 0.1) is 16.7 Å². The maximum absolute atomic E-state index is 10.5. The second-order valence-corrected chi connectivity index (χ2v) is 3.64. The van der Waals surface area contributed by atoms with Crippen LogP contribution in [0.3, 0.4) is 0 Å². The molecule has 0 saturated carbocycles. The van der Waals surface area contributed by atoms with Crippen LogP contribution in [0.1, 0.15) is 0 Å². The Labute approximate surface area is 108 Å². The van der Waals surface area contributed by atoms with Gasteiger partial charge in [-0.3, -0.25) is 10.1 Å². The number of nitrogens with two attached hydrogens (primary N) is 1. The molecule has 0 aromatic heterocycles. The lowest BCUT2D eigenvalue weighted by Gasteiger charge is -1.98. The van der Waals surface area contributed by atoms with E-state index >= 15 is 0 Å². The van der Waals surface area contributed by atoms with Crippen LogP contribution in [0.15, 0.2) is 46.6 Å². The third kappa shape index (κ3) is 3.03. The van der Waals surface area contributed by atoms with Gasteiger partial charge in [0.1, 0.15) is 11.4 Å². The first-order chi connectivity index (χ1) is 9.06. The van der Waals surface area contributed by atoms with E-state index in [1.807, 2.05) is 0 Å². The molecular weight excluding hydrogens is 248 g/mol. The molecule has 0 amide bonds. The number of azo groups is 1. The van der Waals surface area contributed by atoms with Crippen LogP contribution in [0.4, 0.5) is 22.7 Å². The van der Waals surface area contributed by atoms with Gasteiger partial charge in [-0.05, 0) is 18.2 Å². The van der Waals surface area contributed by atoms with Crippen molar-refractivity contribution in [2.75, 3.05) is 5.73 Å². The number of non-ortho nitro benzene ring substituents is 1. The Hall–Kier alpha value is -2.96. The number of benzene rings is 2. The summed E-state index contributed by atoms with van der Waals surface area (Å²) in [6.45, 7) is 0. The van der Waals surface area contributed by atoms with Crippen molar-refractivity contribution in [3.8, 4) is 5.75 Å². The van der Waals surface area contributed by atoms with Crippen molar-refractivity contribution >= 4 is 22.7 Å². The molecule has 0 aliphatic carbocycles. The summed E-state index contributed by atoms with van der Waals surface area (Å²) < 4.78 is 0. The highest BCUT2D eigenvalue weighted by Crippen LogP contribution is 2.31. The third-order valence-corrected chi connectivity index (χ3v) is 2.25. The first kappa shape index (κ1) is 12.5. The molecule has 0 atom stereocenters. The largest absolute Gasteiger partial charge is 0.505 e. The molecule has 3 N–H and O–H groups in total. The second-order valence-electron chi connectivity index (χ2n) is 3.64. The zero-order valence-electron chi connectivity index (χ0n) is 9.65. The van der Waals surface area contributed by atoms with Crippen LogP contribution in [0.2, 0.25) is 0 Å². The van der Waals surface area contributed by atoms with Gasteiger partial charge in [0.15, 0.2) is 0 Å². The summed E-state index contributed by atoms with van der Waals surface area (Å²) in [6, 6.07) is 11.2. The van der Waals surface area contributed by atoms with Crippen LogP contribution in [0.25, 0.3) is 0 Å². The molecular formula is C12H9N4O3. The molecule has 0 fully saturated rings. The van der Waals surface area contributed by atoms with E-state index < -0.39 is 4.92 Å². The number of nitrogens with zero attached hydrogens (tertiary/aromatic N) is 3. The zero-order chi connectivity index (χ0) is 13.8. The van der Waals surface area contributed by atoms with Crippen LogP contribution in [0, 0.1) is 16.2 Å². The van der Waals surface area contributed by atoms with E-state index in [0.717, 1.165) is 6.07 Å². The topological polar surface area (TPSA) is 114 Å². The Morgan fingerprint density at radius 2 is 2.05 bits per heavy atom. The van der Waals surface area contributed by atoms with Crippen molar-refractivity contribution in [1.82, 2.24) is 0 Å². The summed E-state index contributed by atoms with van der Waals surface area (Å²) in [5, 5.41) is 27.7. The number of rotatable bonds is 3. The van der Waals surface area contributed by atoms with E-state index in [9.17, 15) is 15.2 Å². The number of hydrogen-bond acceptors (Lipinski definition) is 6. The lowest BCUT2D eigenvalue weighted by molar-refractivity contribution is -0.384. The number of nitro benzene ring substituents is 1. The maximum atomic E-state index is 10.5. The van der Waals surface area contributed by atoms with Gasteiger partial charge in [-0.1, -0.05) is 6.07 Å². The van der Waals surface area contributed by atoms with E-state index in [1.165, 1.54) is 12.1 Å². The molecule has 1 radical (unpaired) electrons. The zero-order valence-corrected chi connectivity index (χ0v) is 9.65. The first-order valence-electron chi connectivity index (χ1n) is 5.22. The lowest BCUT2D eigenvalue weighted by Crippen LogP contribution is -1.86. The highest BCUT2D eigenvalue weighted by Gasteiger charge is 2.09. The smallest absolute Gasteiger partial charge is 0.273 e. The Balaban J connectivity index is 2.26. The maximum Gasteiger partial charge on any atom is 0.273 e. The molecule has 0 aliphatic rings. The number of aromatic hydroxyl groups is 1. The number of phenolic OH excluding ortho intramolecular Hbond substituents is 1. The molecule has 2 aromatic rings. The van der Waals surface area contributed by atoms with Gasteiger partial charge in [-0.2, -0.15) is 0 Å². The fraction of sp³-hybridized carbons (Fsp3) is 0. The van der Waals surface area contributed by atoms with Gasteiger partial charge in [0.25, 0.3) is 5.69 Å². The summed E-state index contributed by atoms with van der Waals surface area (Å²) in [6.07, 6.45) is 0. The highest BCUT2D eigenvalue weighted by molar-refractivity contribution is 5.56. The van der Waals surface area contributed by atoms with Crippen LogP contribution in [-0.2, 0) is 0 Å². The summed E-state index contributed by atoms with van der Waals surface area (Å²) in [5.74, 6) is -0.318. The van der Waals surface area contributed by atoms with Gasteiger partial charge >= 0.3 is 0 Å². The van der Waals surface area contributed by atoms with E-state index in [4.69, 9.17) is 5.73 Å². The minimum Gasteiger partial charge on any atom is -0.505 e. The summed E-state index contributed by atoms with van der Waals surface area (Å²) >= 11 is 0. The molecule has 7 nitrogen and oxygen atoms in total. The Morgan fingerprint density at radius 3 is 2.68 bits per heavy atom. The molecule has 0 bridgehead atoms. The van der Waals surface area contributed by atoms with E-state index in [-0.39, 0.29) is 17.1 Å². The summed E-state index contributed by atoms with van der Waals surface area (Å²) in [4.78, 5) is 9.90. The molecule has 0 spiro atoms.